The first-order valence-electron chi connectivity index (χ1n) is 12.5. The number of piperidine rings is 1. The predicted octanol–water partition coefficient (Wildman–Crippen LogP) is 2.81. The minimum absolute atomic E-state index is 0.0817. The van der Waals surface area contributed by atoms with Gasteiger partial charge in [0.2, 0.25) is 11.9 Å². The van der Waals surface area contributed by atoms with Gasteiger partial charge in [-0.25, -0.2) is 9.97 Å². The van der Waals surface area contributed by atoms with Crippen molar-refractivity contribution in [2.24, 2.45) is 13.0 Å². The summed E-state index contributed by atoms with van der Waals surface area (Å²) in [7, 11) is 4.02. The van der Waals surface area contributed by atoms with Gasteiger partial charge in [0.15, 0.2) is 0 Å². The number of aryl methyl sites for hydroxylation is 1. The third kappa shape index (κ3) is 4.98. The summed E-state index contributed by atoms with van der Waals surface area (Å²) in [4.78, 5) is 27.6. The Labute approximate surface area is 212 Å². The number of fused-ring (bicyclic) bond motifs is 1. The summed E-state index contributed by atoms with van der Waals surface area (Å²) < 4.78 is 1.77. The van der Waals surface area contributed by atoms with Gasteiger partial charge in [-0.2, -0.15) is 5.10 Å². The van der Waals surface area contributed by atoms with E-state index in [0.29, 0.717) is 19.0 Å². The lowest BCUT2D eigenvalue weighted by Crippen LogP contribution is -2.50. The average Bonchev–Trinajstić information content (AvgIpc) is 3.31. The number of carbonyl (C=O) groups is 1. The Kier molecular flexibility index (Phi) is 6.75. The standard InChI is InChI=1S/C28H33N7O/c1-5-20-7-6-8-21(14-20)25-17-33(3)11-10-24(25)27(36)35-18-26-22(13-19(35)2)15-29-28(31-26)30-16-23-9-12-34(4)32-23/h1,6-9,12,14-15,19,24-25H,10-11,13,16-18H2,2-4H3,(H,29,30,31)/t19-,24-,25+/m1/s1. The van der Waals surface area contributed by atoms with Crippen LogP contribution in [0.2, 0.25) is 0 Å². The lowest BCUT2D eigenvalue weighted by Gasteiger charge is -2.42. The van der Waals surface area contributed by atoms with Gasteiger partial charge < -0.3 is 15.1 Å². The molecule has 2 aromatic heterocycles. The van der Waals surface area contributed by atoms with Crippen LogP contribution in [0.4, 0.5) is 5.95 Å². The van der Waals surface area contributed by atoms with Crippen molar-refractivity contribution < 1.29 is 4.79 Å². The lowest BCUT2D eigenvalue weighted by atomic mass is 9.79. The number of carbonyl (C=O) groups excluding carboxylic acids is 1. The number of nitrogens with one attached hydrogen (secondary N) is 1. The Morgan fingerprint density at radius 3 is 2.92 bits per heavy atom. The zero-order chi connectivity index (χ0) is 25.2. The number of likely N-dealkylation sites (N-methyl/N-ethyl adjacent to an activating group) is 1. The Bertz CT molecular complexity index is 1290. The van der Waals surface area contributed by atoms with Crippen LogP contribution in [0.15, 0.2) is 42.7 Å². The maximum atomic E-state index is 14.0. The van der Waals surface area contributed by atoms with E-state index in [1.54, 1.807) is 4.68 Å². The van der Waals surface area contributed by atoms with E-state index in [1.807, 2.05) is 42.5 Å². The monoisotopic (exact) mass is 483 g/mol. The number of aromatic nitrogens is 4. The molecule has 0 unspecified atom stereocenters. The SMILES string of the molecule is C#Cc1cccc([C@@H]2CN(C)CC[C@H]2C(=O)N2Cc3nc(NCc4ccn(C)n4)ncc3C[C@H]2C)c1. The van der Waals surface area contributed by atoms with E-state index in [2.05, 4.69) is 52.3 Å². The van der Waals surface area contributed by atoms with E-state index in [9.17, 15) is 4.79 Å². The minimum Gasteiger partial charge on any atom is -0.348 e. The van der Waals surface area contributed by atoms with Crippen LogP contribution in [0.5, 0.6) is 0 Å². The summed E-state index contributed by atoms with van der Waals surface area (Å²) in [5.41, 5.74) is 4.94. The van der Waals surface area contributed by atoms with Crippen LogP contribution in [0.3, 0.4) is 0 Å². The third-order valence-corrected chi connectivity index (χ3v) is 7.42. The van der Waals surface area contributed by atoms with Gasteiger partial charge in [0.1, 0.15) is 0 Å². The fourth-order valence-corrected chi connectivity index (χ4v) is 5.42. The molecule has 1 aromatic carbocycles. The second kappa shape index (κ2) is 10.1. The summed E-state index contributed by atoms with van der Waals surface area (Å²) in [6.07, 6.45) is 11.1. The van der Waals surface area contributed by atoms with Gasteiger partial charge in [0.25, 0.3) is 0 Å². The van der Waals surface area contributed by atoms with Gasteiger partial charge in [-0.3, -0.25) is 9.48 Å². The van der Waals surface area contributed by atoms with Crippen LogP contribution in [0.25, 0.3) is 0 Å². The Morgan fingerprint density at radius 2 is 2.14 bits per heavy atom. The zero-order valence-corrected chi connectivity index (χ0v) is 21.2. The normalized spacial score (nSPS) is 22.1. The molecule has 0 spiro atoms. The van der Waals surface area contributed by atoms with E-state index >= 15 is 0 Å². The van der Waals surface area contributed by atoms with Gasteiger partial charge in [-0.15, -0.1) is 6.42 Å². The fourth-order valence-electron chi connectivity index (χ4n) is 5.42. The summed E-state index contributed by atoms with van der Waals surface area (Å²) in [5, 5.41) is 7.65. The molecule has 1 amide bonds. The largest absolute Gasteiger partial charge is 0.348 e. The molecule has 36 heavy (non-hydrogen) atoms. The maximum absolute atomic E-state index is 14.0. The van der Waals surface area contributed by atoms with Gasteiger partial charge in [0.05, 0.1) is 24.5 Å². The van der Waals surface area contributed by atoms with Crippen molar-refractivity contribution in [2.45, 2.75) is 44.8 Å². The summed E-state index contributed by atoms with van der Waals surface area (Å²) in [5.74, 6) is 3.53. The highest BCUT2D eigenvalue weighted by Gasteiger charge is 2.39. The molecular weight excluding hydrogens is 450 g/mol. The summed E-state index contributed by atoms with van der Waals surface area (Å²) in [6, 6.07) is 10.2. The molecule has 8 nitrogen and oxygen atoms in total. The molecule has 8 heteroatoms. The highest BCUT2D eigenvalue weighted by Crippen LogP contribution is 2.35. The molecule has 5 rings (SSSR count). The molecule has 3 atom stereocenters. The van der Waals surface area contributed by atoms with Gasteiger partial charge in [-0.1, -0.05) is 18.1 Å². The molecule has 0 bridgehead atoms. The lowest BCUT2D eigenvalue weighted by molar-refractivity contribution is -0.141. The van der Waals surface area contributed by atoms with E-state index in [1.165, 1.54) is 0 Å². The predicted molar refractivity (Wildman–Crippen MR) is 139 cm³/mol. The smallest absolute Gasteiger partial charge is 0.227 e. The Morgan fingerprint density at radius 1 is 1.28 bits per heavy atom. The topological polar surface area (TPSA) is 79.2 Å². The molecule has 0 aliphatic carbocycles. The molecule has 186 valence electrons. The molecule has 0 radical (unpaired) electrons. The highest BCUT2D eigenvalue weighted by atomic mass is 16.2. The molecule has 2 aliphatic rings. The van der Waals surface area contributed by atoms with Crippen molar-refractivity contribution in [3.05, 3.63) is 70.8 Å². The van der Waals surface area contributed by atoms with Crippen LogP contribution in [0, 0.1) is 18.3 Å². The molecule has 1 fully saturated rings. The second-order valence-electron chi connectivity index (χ2n) is 10.1. The first-order chi connectivity index (χ1) is 17.4. The van der Waals surface area contributed by atoms with E-state index < -0.39 is 0 Å². The minimum atomic E-state index is -0.0817. The van der Waals surface area contributed by atoms with E-state index in [4.69, 9.17) is 11.4 Å². The molecule has 4 heterocycles. The number of amides is 1. The van der Waals surface area contributed by atoms with Crippen molar-refractivity contribution in [1.82, 2.24) is 29.5 Å². The molecule has 1 saturated heterocycles. The zero-order valence-electron chi connectivity index (χ0n) is 21.2. The second-order valence-corrected chi connectivity index (χ2v) is 10.1. The van der Waals surface area contributed by atoms with Crippen molar-refractivity contribution in [2.75, 3.05) is 25.5 Å². The summed E-state index contributed by atoms with van der Waals surface area (Å²) >= 11 is 0. The van der Waals surface area contributed by atoms with Crippen molar-refractivity contribution in [1.29, 1.82) is 0 Å². The molecule has 1 N–H and O–H groups in total. The van der Waals surface area contributed by atoms with Crippen LogP contribution >= 0.6 is 0 Å². The number of anilines is 1. The Hall–Kier alpha value is -3.70. The van der Waals surface area contributed by atoms with Crippen LogP contribution < -0.4 is 5.32 Å². The highest BCUT2D eigenvalue weighted by molar-refractivity contribution is 5.81. The van der Waals surface area contributed by atoms with Gasteiger partial charge in [0, 0.05) is 49.4 Å². The van der Waals surface area contributed by atoms with Gasteiger partial charge in [-0.05, 0) is 62.7 Å². The van der Waals surface area contributed by atoms with E-state index in [0.717, 1.165) is 54.0 Å². The number of benzene rings is 1. The van der Waals surface area contributed by atoms with Crippen molar-refractivity contribution in [3.63, 3.8) is 0 Å². The van der Waals surface area contributed by atoms with E-state index in [-0.39, 0.29) is 23.8 Å². The maximum Gasteiger partial charge on any atom is 0.227 e. The number of terminal acetylenes is 1. The third-order valence-electron chi connectivity index (χ3n) is 7.42. The number of rotatable bonds is 5. The van der Waals surface area contributed by atoms with Crippen LogP contribution in [-0.2, 0) is 31.4 Å². The average molecular weight is 484 g/mol. The molecule has 2 aliphatic heterocycles. The number of hydrogen-bond acceptors (Lipinski definition) is 6. The van der Waals surface area contributed by atoms with Crippen LogP contribution in [0.1, 0.15) is 47.3 Å². The molecule has 3 aromatic rings. The first kappa shape index (κ1) is 24.0. The number of likely N-dealkylation sites (tertiary alicyclic amines) is 1. The number of hydrogen-bond donors (Lipinski definition) is 1. The Balaban J connectivity index is 1.34. The van der Waals surface area contributed by atoms with Crippen molar-refractivity contribution >= 4 is 11.9 Å². The molecule has 0 saturated carbocycles. The number of nitrogens with zero attached hydrogens (tertiary/aromatic N) is 6. The van der Waals surface area contributed by atoms with Crippen molar-refractivity contribution in [3.8, 4) is 12.3 Å². The van der Waals surface area contributed by atoms with Crippen LogP contribution in [-0.4, -0.2) is 61.6 Å². The quantitative estimate of drug-likeness (QED) is 0.563. The first-order valence-corrected chi connectivity index (χ1v) is 12.5. The molecular formula is C28H33N7O. The summed E-state index contributed by atoms with van der Waals surface area (Å²) in [6.45, 7) is 4.92. The fraction of sp³-hybridized carbons (Fsp3) is 0.429. The van der Waals surface area contributed by atoms with Gasteiger partial charge >= 0.3 is 0 Å².